The largest absolute Gasteiger partial charge is 0.493 e. The van der Waals surface area contributed by atoms with Gasteiger partial charge in [-0.05, 0) is 35.9 Å². The highest BCUT2D eigenvalue weighted by Gasteiger charge is 2.31. The SMILES string of the molecule is COc1cc2c(cc1OC)/C(=C/c1ccc3c(c1)OCO3)C(=O)OC2=O. The third kappa shape index (κ3) is 2.54. The lowest BCUT2D eigenvalue weighted by Crippen LogP contribution is -2.22. The molecule has 0 amide bonds. The first-order chi connectivity index (χ1) is 12.6. The maximum Gasteiger partial charge on any atom is 0.346 e. The molecular weight excluding hydrogens is 340 g/mol. The first-order valence-corrected chi connectivity index (χ1v) is 7.75. The van der Waals surface area contributed by atoms with E-state index >= 15 is 0 Å². The lowest BCUT2D eigenvalue weighted by Gasteiger charge is -2.19. The van der Waals surface area contributed by atoms with Crippen LogP contribution in [0, 0.1) is 0 Å². The fourth-order valence-corrected chi connectivity index (χ4v) is 2.88. The Morgan fingerprint density at radius 3 is 2.31 bits per heavy atom. The third-order valence-electron chi connectivity index (χ3n) is 4.15. The molecule has 0 aliphatic carbocycles. The van der Waals surface area contributed by atoms with Crippen LogP contribution in [-0.2, 0) is 9.53 Å². The zero-order valence-corrected chi connectivity index (χ0v) is 14.0. The van der Waals surface area contributed by atoms with Gasteiger partial charge in [-0.25, -0.2) is 9.59 Å². The first-order valence-electron chi connectivity index (χ1n) is 7.75. The van der Waals surface area contributed by atoms with Crippen LogP contribution in [0.2, 0.25) is 0 Å². The number of hydrogen-bond donors (Lipinski definition) is 0. The fraction of sp³-hybridized carbons (Fsp3) is 0.158. The van der Waals surface area contributed by atoms with Crippen LogP contribution >= 0.6 is 0 Å². The molecule has 0 bridgehead atoms. The fourth-order valence-electron chi connectivity index (χ4n) is 2.88. The van der Waals surface area contributed by atoms with Crippen LogP contribution < -0.4 is 18.9 Å². The number of esters is 2. The van der Waals surface area contributed by atoms with Crippen molar-refractivity contribution in [3.8, 4) is 23.0 Å². The van der Waals surface area contributed by atoms with Gasteiger partial charge in [-0.2, -0.15) is 0 Å². The van der Waals surface area contributed by atoms with E-state index in [4.69, 9.17) is 23.7 Å². The van der Waals surface area contributed by atoms with E-state index in [1.807, 2.05) is 0 Å². The average Bonchev–Trinajstić information content (AvgIpc) is 3.11. The zero-order chi connectivity index (χ0) is 18.3. The predicted molar refractivity (Wildman–Crippen MR) is 90.4 cm³/mol. The van der Waals surface area contributed by atoms with Crippen molar-refractivity contribution in [2.75, 3.05) is 21.0 Å². The maximum absolute atomic E-state index is 12.3. The van der Waals surface area contributed by atoms with Crippen molar-refractivity contribution in [3.05, 3.63) is 47.0 Å². The van der Waals surface area contributed by atoms with Crippen LogP contribution in [0.25, 0.3) is 11.6 Å². The third-order valence-corrected chi connectivity index (χ3v) is 4.15. The van der Waals surface area contributed by atoms with Crippen LogP contribution in [-0.4, -0.2) is 33.0 Å². The van der Waals surface area contributed by atoms with Gasteiger partial charge < -0.3 is 23.7 Å². The topological polar surface area (TPSA) is 80.3 Å². The molecule has 0 saturated heterocycles. The van der Waals surface area contributed by atoms with E-state index in [1.54, 1.807) is 30.3 Å². The smallest absolute Gasteiger partial charge is 0.346 e. The molecule has 0 aromatic heterocycles. The molecule has 0 radical (unpaired) electrons. The molecule has 0 spiro atoms. The molecule has 26 heavy (non-hydrogen) atoms. The number of hydrogen-bond acceptors (Lipinski definition) is 7. The van der Waals surface area contributed by atoms with Crippen LogP contribution in [0.1, 0.15) is 21.5 Å². The Bertz CT molecular complexity index is 959. The Hall–Kier alpha value is -3.48. The van der Waals surface area contributed by atoms with Gasteiger partial charge in [0.2, 0.25) is 6.79 Å². The van der Waals surface area contributed by atoms with Gasteiger partial charge in [-0.15, -0.1) is 0 Å². The number of benzene rings is 2. The summed E-state index contributed by atoms with van der Waals surface area (Å²) < 4.78 is 26.0. The molecule has 0 saturated carbocycles. The van der Waals surface area contributed by atoms with E-state index in [-0.39, 0.29) is 17.9 Å². The van der Waals surface area contributed by atoms with Gasteiger partial charge in [-0.1, -0.05) is 6.07 Å². The van der Waals surface area contributed by atoms with Crippen molar-refractivity contribution >= 4 is 23.6 Å². The van der Waals surface area contributed by atoms with Crippen LogP contribution in [0.5, 0.6) is 23.0 Å². The Labute approximate surface area is 148 Å². The second-order valence-electron chi connectivity index (χ2n) is 5.60. The van der Waals surface area contributed by atoms with Crippen LogP contribution in [0.3, 0.4) is 0 Å². The van der Waals surface area contributed by atoms with Crippen molar-refractivity contribution in [1.82, 2.24) is 0 Å². The van der Waals surface area contributed by atoms with Gasteiger partial charge in [-0.3, -0.25) is 0 Å². The zero-order valence-electron chi connectivity index (χ0n) is 14.0. The monoisotopic (exact) mass is 354 g/mol. The summed E-state index contributed by atoms with van der Waals surface area (Å²) in [6.45, 7) is 0.158. The molecule has 0 fully saturated rings. The number of fused-ring (bicyclic) bond motifs is 2. The number of rotatable bonds is 3. The minimum Gasteiger partial charge on any atom is -0.493 e. The van der Waals surface area contributed by atoms with E-state index in [2.05, 4.69) is 0 Å². The molecule has 2 heterocycles. The van der Waals surface area contributed by atoms with E-state index < -0.39 is 11.9 Å². The van der Waals surface area contributed by atoms with E-state index in [0.29, 0.717) is 34.1 Å². The standard InChI is InChI=1S/C19H14O7/c1-22-15-7-11-12(5-10-3-4-14-17(6-10)25-9-24-14)18(20)26-19(21)13(11)8-16(15)23-2/h3-8H,9H2,1-2H3/b12-5-. The summed E-state index contributed by atoms with van der Waals surface area (Å²) in [5.74, 6) is 0.555. The molecule has 2 aliphatic rings. The van der Waals surface area contributed by atoms with Crippen molar-refractivity contribution < 1.29 is 33.3 Å². The summed E-state index contributed by atoms with van der Waals surface area (Å²) >= 11 is 0. The predicted octanol–water partition coefficient (Wildman–Crippen LogP) is 2.67. The molecule has 0 N–H and O–H groups in total. The minimum absolute atomic E-state index is 0.158. The summed E-state index contributed by atoms with van der Waals surface area (Å²) in [6.07, 6.45) is 1.63. The van der Waals surface area contributed by atoms with Crippen molar-refractivity contribution in [1.29, 1.82) is 0 Å². The van der Waals surface area contributed by atoms with Gasteiger partial charge in [0, 0.05) is 5.56 Å². The highest BCUT2D eigenvalue weighted by atomic mass is 16.7. The van der Waals surface area contributed by atoms with Crippen LogP contribution in [0.15, 0.2) is 30.3 Å². The molecule has 0 atom stereocenters. The second-order valence-corrected chi connectivity index (χ2v) is 5.60. The summed E-state index contributed by atoms with van der Waals surface area (Å²) in [5.41, 5.74) is 1.59. The number of carbonyl (C=O) groups is 2. The number of methoxy groups -OCH3 is 2. The summed E-state index contributed by atoms with van der Waals surface area (Å²) in [7, 11) is 2.95. The van der Waals surface area contributed by atoms with Crippen molar-refractivity contribution in [3.63, 3.8) is 0 Å². The quantitative estimate of drug-likeness (QED) is 0.476. The molecule has 132 valence electrons. The Balaban J connectivity index is 1.86. The van der Waals surface area contributed by atoms with Gasteiger partial charge in [0.1, 0.15) is 0 Å². The van der Waals surface area contributed by atoms with Crippen molar-refractivity contribution in [2.45, 2.75) is 0 Å². The summed E-state index contributed by atoms with van der Waals surface area (Å²) in [5, 5.41) is 0. The lowest BCUT2D eigenvalue weighted by atomic mass is 9.94. The van der Waals surface area contributed by atoms with Gasteiger partial charge in [0.25, 0.3) is 0 Å². The Kier molecular flexibility index (Phi) is 3.76. The highest BCUT2D eigenvalue weighted by molar-refractivity contribution is 6.29. The Morgan fingerprint density at radius 2 is 1.58 bits per heavy atom. The average molecular weight is 354 g/mol. The van der Waals surface area contributed by atoms with Gasteiger partial charge >= 0.3 is 11.9 Å². The molecule has 0 unspecified atom stereocenters. The number of ether oxygens (including phenoxy) is 5. The summed E-state index contributed by atoms with van der Waals surface area (Å²) in [6, 6.07) is 8.37. The molecule has 4 rings (SSSR count). The molecule has 2 aromatic rings. The van der Waals surface area contributed by atoms with Gasteiger partial charge in [0.05, 0.1) is 25.4 Å². The van der Waals surface area contributed by atoms with E-state index in [1.165, 1.54) is 20.3 Å². The molecule has 7 nitrogen and oxygen atoms in total. The minimum atomic E-state index is -0.729. The van der Waals surface area contributed by atoms with Gasteiger partial charge in [0.15, 0.2) is 23.0 Å². The normalized spacial score (nSPS) is 16.3. The number of carbonyl (C=O) groups excluding carboxylic acids is 2. The highest BCUT2D eigenvalue weighted by Crippen LogP contribution is 2.38. The molecular formula is C19H14O7. The second kappa shape index (κ2) is 6.11. The first kappa shape index (κ1) is 16.0. The lowest BCUT2D eigenvalue weighted by molar-refractivity contribution is -0.131. The van der Waals surface area contributed by atoms with Crippen LogP contribution in [0.4, 0.5) is 0 Å². The molecule has 7 heteroatoms. The molecule has 2 aliphatic heterocycles. The summed E-state index contributed by atoms with van der Waals surface area (Å²) in [4.78, 5) is 24.4. The van der Waals surface area contributed by atoms with E-state index in [9.17, 15) is 9.59 Å². The molecule has 2 aromatic carbocycles. The van der Waals surface area contributed by atoms with Crippen molar-refractivity contribution in [2.24, 2.45) is 0 Å². The maximum atomic E-state index is 12.3. The van der Waals surface area contributed by atoms with E-state index in [0.717, 1.165) is 0 Å². The Morgan fingerprint density at radius 1 is 0.885 bits per heavy atom. The number of cyclic esters (lactones) is 2.